The molecule has 0 atom stereocenters. The third-order valence-electron chi connectivity index (χ3n) is 2.84. The number of rotatable bonds is 6. The van der Waals surface area contributed by atoms with Gasteiger partial charge in [-0.15, -0.1) is 11.8 Å². The number of carbonyl (C=O) groups is 1. The highest BCUT2D eigenvalue weighted by molar-refractivity contribution is 7.98. The fourth-order valence-electron chi connectivity index (χ4n) is 1.83. The number of thioether (sulfide) groups is 1. The van der Waals surface area contributed by atoms with Gasteiger partial charge in [-0.25, -0.2) is 0 Å². The molecule has 0 bridgehead atoms. The Hall–Kier alpha value is -1.94. The third kappa shape index (κ3) is 3.33. The fourth-order valence-corrected chi connectivity index (χ4v) is 2.38. The van der Waals surface area contributed by atoms with E-state index in [1.807, 2.05) is 42.7 Å². The molecule has 4 heteroatoms. The van der Waals surface area contributed by atoms with Crippen molar-refractivity contribution in [3.05, 3.63) is 54.1 Å². The van der Waals surface area contributed by atoms with E-state index in [1.54, 1.807) is 31.0 Å². The molecule has 0 fully saturated rings. The van der Waals surface area contributed by atoms with Crippen LogP contribution in [0.15, 0.2) is 53.4 Å². The van der Waals surface area contributed by atoms with Crippen LogP contribution in [0.4, 0.5) is 0 Å². The van der Waals surface area contributed by atoms with Crippen molar-refractivity contribution in [1.82, 2.24) is 0 Å². The average Bonchev–Trinajstić information content (AvgIpc) is 2.52. The second-order valence-corrected chi connectivity index (χ2v) is 4.91. The predicted octanol–water partition coefficient (Wildman–Crippen LogP) is 3.68. The maximum absolute atomic E-state index is 12.2. The summed E-state index contributed by atoms with van der Waals surface area (Å²) in [6.07, 6.45) is 1.98. The number of ketones is 1. The van der Waals surface area contributed by atoms with E-state index in [-0.39, 0.29) is 12.4 Å². The second-order valence-electron chi connectivity index (χ2n) is 4.06. The van der Waals surface area contributed by atoms with E-state index in [1.165, 1.54) is 0 Å². The summed E-state index contributed by atoms with van der Waals surface area (Å²) in [5.41, 5.74) is 0.539. The first kappa shape index (κ1) is 14.5. The van der Waals surface area contributed by atoms with Gasteiger partial charge >= 0.3 is 0 Å². The van der Waals surface area contributed by atoms with Gasteiger partial charge in [-0.3, -0.25) is 4.79 Å². The normalized spacial score (nSPS) is 10.1. The van der Waals surface area contributed by atoms with E-state index in [9.17, 15) is 4.79 Å². The highest BCUT2D eigenvalue weighted by Crippen LogP contribution is 2.27. The molecule has 0 aliphatic carbocycles. The molecule has 20 heavy (non-hydrogen) atoms. The van der Waals surface area contributed by atoms with E-state index < -0.39 is 0 Å². The molecule has 0 saturated carbocycles. The summed E-state index contributed by atoms with van der Waals surface area (Å²) in [6.45, 7) is -0.00204. The third-order valence-corrected chi connectivity index (χ3v) is 3.61. The number of carbonyl (C=O) groups excluding carboxylic acids is 1. The summed E-state index contributed by atoms with van der Waals surface area (Å²) in [6, 6.07) is 14.8. The van der Waals surface area contributed by atoms with E-state index in [0.717, 1.165) is 10.6 Å². The van der Waals surface area contributed by atoms with Gasteiger partial charge in [0, 0.05) is 4.90 Å². The van der Waals surface area contributed by atoms with Crippen LogP contribution in [0.2, 0.25) is 0 Å². The number of Topliss-reactive ketones (excluding diaryl/α,β-unsaturated/α-hetero) is 1. The van der Waals surface area contributed by atoms with Crippen LogP contribution in [-0.2, 0) is 0 Å². The van der Waals surface area contributed by atoms with Gasteiger partial charge in [0.2, 0.25) is 5.78 Å². The van der Waals surface area contributed by atoms with Crippen LogP contribution in [0.25, 0.3) is 0 Å². The Kier molecular flexibility index (Phi) is 5.07. The zero-order chi connectivity index (χ0) is 14.4. The summed E-state index contributed by atoms with van der Waals surface area (Å²) in [7, 11) is 1.55. The van der Waals surface area contributed by atoms with Gasteiger partial charge in [0.05, 0.1) is 12.7 Å². The Morgan fingerprint density at radius 2 is 1.70 bits per heavy atom. The van der Waals surface area contributed by atoms with Crippen LogP contribution in [0.5, 0.6) is 11.5 Å². The topological polar surface area (TPSA) is 35.5 Å². The molecule has 2 aromatic rings. The van der Waals surface area contributed by atoms with Gasteiger partial charge in [-0.2, -0.15) is 0 Å². The molecule has 2 aromatic carbocycles. The molecule has 0 amide bonds. The van der Waals surface area contributed by atoms with Gasteiger partial charge in [0.15, 0.2) is 6.61 Å². The summed E-state index contributed by atoms with van der Waals surface area (Å²) < 4.78 is 10.8. The zero-order valence-corrected chi connectivity index (χ0v) is 12.3. The number of methoxy groups -OCH3 is 1. The molecule has 104 valence electrons. The van der Waals surface area contributed by atoms with Gasteiger partial charge in [0.25, 0.3) is 0 Å². The SMILES string of the molecule is COc1ccccc1C(=O)COc1ccccc1SC. The van der Waals surface area contributed by atoms with Crippen molar-refractivity contribution >= 4 is 17.5 Å². The van der Waals surface area contributed by atoms with E-state index in [2.05, 4.69) is 0 Å². The molecular formula is C16H16O3S. The number of hydrogen-bond donors (Lipinski definition) is 0. The van der Waals surface area contributed by atoms with Crippen molar-refractivity contribution in [3.63, 3.8) is 0 Å². The Balaban J connectivity index is 2.09. The molecule has 3 nitrogen and oxygen atoms in total. The highest BCUT2D eigenvalue weighted by Gasteiger charge is 2.13. The smallest absolute Gasteiger partial charge is 0.203 e. The minimum absolute atomic E-state index is 0.00204. The van der Waals surface area contributed by atoms with E-state index in [4.69, 9.17) is 9.47 Å². The van der Waals surface area contributed by atoms with Crippen LogP contribution in [0.1, 0.15) is 10.4 Å². The largest absolute Gasteiger partial charge is 0.496 e. The summed E-state index contributed by atoms with van der Waals surface area (Å²) in [4.78, 5) is 13.2. The molecule has 0 heterocycles. The van der Waals surface area contributed by atoms with Crippen molar-refractivity contribution in [3.8, 4) is 11.5 Å². The van der Waals surface area contributed by atoms with Crippen molar-refractivity contribution < 1.29 is 14.3 Å². The molecule has 0 aromatic heterocycles. The monoisotopic (exact) mass is 288 g/mol. The van der Waals surface area contributed by atoms with Crippen molar-refractivity contribution in [1.29, 1.82) is 0 Å². The first-order chi connectivity index (χ1) is 9.76. The minimum Gasteiger partial charge on any atom is -0.496 e. The van der Waals surface area contributed by atoms with E-state index >= 15 is 0 Å². The number of benzene rings is 2. The maximum Gasteiger partial charge on any atom is 0.203 e. The lowest BCUT2D eigenvalue weighted by molar-refractivity contribution is 0.0916. The molecule has 0 aliphatic heterocycles. The van der Waals surface area contributed by atoms with Crippen LogP contribution in [0.3, 0.4) is 0 Å². The molecule has 0 spiro atoms. The molecule has 0 aliphatic rings. The van der Waals surface area contributed by atoms with Gasteiger partial charge < -0.3 is 9.47 Å². The Morgan fingerprint density at radius 3 is 2.40 bits per heavy atom. The summed E-state index contributed by atoms with van der Waals surface area (Å²) in [5.74, 6) is 1.20. The fraction of sp³-hybridized carbons (Fsp3) is 0.188. The second kappa shape index (κ2) is 7.01. The van der Waals surface area contributed by atoms with Gasteiger partial charge in [0.1, 0.15) is 11.5 Å². The summed E-state index contributed by atoms with van der Waals surface area (Å²) >= 11 is 1.59. The summed E-state index contributed by atoms with van der Waals surface area (Å²) in [5, 5.41) is 0. The van der Waals surface area contributed by atoms with Crippen LogP contribution >= 0.6 is 11.8 Å². The van der Waals surface area contributed by atoms with Gasteiger partial charge in [-0.05, 0) is 30.5 Å². The average molecular weight is 288 g/mol. The number of hydrogen-bond acceptors (Lipinski definition) is 4. The van der Waals surface area contributed by atoms with Crippen molar-refractivity contribution in [2.75, 3.05) is 20.0 Å². The van der Waals surface area contributed by atoms with Crippen LogP contribution < -0.4 is 9.47 Å². The molecule has 0 radical (unpaired) electrons. The van der Waals surface area contributed by atoms with Crippen LogP contribution in [-0.4, -0.2) is 25.8 Å². The van der Waals surface area contributed by atoms with E-state index in [0.29, 0.717) is 11.3 Å². The lowest BCUT2D eigenvalue weighted by Gasteiger charge is -2.10. The Bertz CT molecular complexity index is 596. The first-order valence-corrected chi connectivity index (χ1v) is 7.40. The van der Waals surface area contributed by atoms with Crippen molar-refractivity contribution in [2.45, 2.75) is 4.90 Å². The Labute approximate surface area is 122 Å². The maximum atomic E-state index is 12.2. The van der Waals surface area contributed by atoms with Crippen molar-refractivity contribution in [2.24, 2.45) is 0 Å². The molecular weight excluding hydrogens is 272 g/mol. The lowest BCUT2D eigenvalue weighted by Crippen LogP contribution is -2.13. The quantitative estimate of drug-likeness (QED) is 0.600. The molecule has 0 unspecified atom stereocenters. The molecule has 0 saturated heterocycles. The van der Waals surface area contributed by atoms with Crippen LogP contribution in [0, 0.1) is 0 Å². The zero-order valence-electron chi connectivity index (χ0n) is 11.5. The number of ether oxygens (including phenoxy) is 2. The standard InChI is InChI=1S/C16H16O3S/c1-18-14-8-4-3-7-12(14)13(17)11-19-15-9-5-6-10-16(15)20-2/h3-10H,11H2,1-2H3. The molecule has 2 rings (SSSR count). The predicted molar refractivity (Wildman–Crippen MR) is 81.0 cm³/mol. The first-order valence-electron chi connectivity index (χ1n) is 6.18. The lowest BCUT2D eigenvalue weighted by atomic mass is 10.1. The minimum atomic E-state index is -0.0987. The Morgan fingerprint density at radius 1 is 1.05 bits per heavy atom. The van der Waals surface area contributed by atoms with Gasteiger partial charge in [-0.1, -0.05) is 24.3 Å². The number of para-hydroxylation sites is 2. The highest BCUT2D eigenvalue weighted by atomic mass is 32.2. The molecule has 0 N–H and O–H groups in total.